The summed E-state index contributed by atoms with van der Waals surface area (Å²) >= 11 is 2.84. The van der Waals surface area contributed by atoms with Gasteiger partial charge in [0, 0.05) is 11.9 Å². The molecule has 0 spiro atoms. The molecule has 1 aliphatic heterocycles. The van der Waals surface area contributed by atoms with Crippen molar-refractivity contribution in [2.24, 2.45) is 4.99 Å². The fourth-order valence-corrected chi connectivity index (χ4v) is 3.77. The van der Waals surface area contributed by atoms with Crippen molar-refractivity contribution in [3.05, 3.63) is 64.5 Å². The van der Waals surface area contributed by atoms with Gasteiger partial charge in [-0.15, -0.1) is 17.9 Å². The molecule has 116 valence electrons. The number of thiazole rings is 1. The molecule has 3 rings (SSSR count). The van der Waals surface area contributed by atoms with Crippen LogP contribution in [0, 0.1) is 6.92 Å². The first-order valence-corrected chi connectivity index (χ1v) is 8.75. The Hall–Kier alpha value is -2.18. The van der Waals surface area contributed by atoms with E-state index in [1.165, 1.54) is 23.1 Å². The molecule has 4 nitrogen and oxygen atoms in total. The van der Waals surface area contributed by atoms with Crippen molar-refractivity contribution in [3.63, 3.8) is 0 Å². The first-order chi connectivity index (χ1) is 11.2. The lowest BCUT2D eigenvalue weighted by molar-refractivity contribution is -0.121. The molecule has 1 aliphatic rings. The van der Waals surface area contributed by atoms with Crippen molar-refractivity contribution in [2.45, 2.75) is 6.92 Å². The van der Waals surface area contributed by atoms with Crippen LogP contribution >= 0.6 is 23.1 Å². The molecule has 6 heteroatoms. The molecule has 1 amide bonds. The minimum Gasteiger partial charge on any atom is -0.282 e. The molecule has 0 aliphatic carbocycles. The molecule has 0 atom stereocenters. The van der Waals surface area contributed by atoms with Gasteiger partial charge in [0.05, 0.1) is 10.6 Å². The van der Waals surface area contributed by atoms with Crippen LogP contribution in [-0.4, -0.2) is 27.5 Å². The molecule has 0 bridgehead atoms. The van der Waals surface area contributed by atoms with Crippen molar-refractivity contribution < 1.29 is 4.79 Å². The molecule has 2 heterocycles. The molecule has 1 aromatic carbocycles. The summed E-state index contributed by atoms with van der Waals surface area (Å²) in [5.41, 5.74) is 1.92. The zero-order valence-electron chi connectivity index (χ0n) is 12.6. The maximum Gasteiger partial charge on any atom is 0.267 e. The second-order valence-electron chi connectivity index (χ2n) is 4.89. The average molecular weight is 341 g/mol. The van der Waals surface area contributed by atoms with Gasteiger partial charge in [-0.2, -0.15) is 4.99 Å². The number of carbonyl (C=O) groups is 1. The number of hydrogen-bond donors (Lipinski definition) is 0. The second kappa shape index (κ2) is 6.93. The topological polar surface area (TPSA) is 45.6 Å². The van der Waals surface area contributed by atoms with E-state index in [1.54, 1.807) is 11.0 Å². The molecule has 1 saturated heterocycles. The van der Waals surface area contributed by atoms with Gasteiger partial charge in [-0.05, 0) is 30.3 Å². The summed E-state index contributed by atoms with van der Waals surface area (Å²) in [7, 11) is 0. The highest BCUT2D eigenvalue weighted by atomic mass is 32.2. The minimum absolute atomic E-state index is 0.0502. The van der Waals surface area contributed by atoms with E-state index in [0.29, 0.717) is 21.7 Å². The maximum absolute atomic E-state index is 12.6. The van der Waals surface area contributed by atoms with E-state index < -0.39 is 0 Å². The van der Waals surface area contributed by atoms with Gasteiger partial charge in [-0.1, -0.05) is 36.4 Å². The molecule has 0 saturated carbocycles. The molecule has 1 aromatic heterocycles. The summed E-state index contributed by atoms with van der Waals surface area (Å²) < 4.78 is 0. The van der Waals surface area contributed by atoms with Crippen molar-refractivity contribution >= 4 is 45.4 Å². The van der Waals surface area contributed by atoms with Crippen LogP contribution in [0.3, 0.4) is 0 Å². The highest BCUT2D eigenvalue weighted by molar-refractivity contribution is 8.18. The maximum atomic E-state index is 12.6. The van der Waals surface area contributed by atoms with E-state index in [9.17, 15) is 4.79 Å². The number of carbonyl (C=O) groups excluding carboxylic acids is 1. The summed E-state index contributed by atoms with van der Waals surface area (Å²) in [6, 6.07) is 9.79. The van der Waals surface area contributed by atoms with E-state index in [4.69, 9.17) is 0 Å². The third-order valence-electron chi connectivity index (χ3n) is 3.10. The molecule has 0 unspecified atom stereocenters. The van der Waals surface area contributed by atoms with Gasteiger partial charge in [-0.25, -0.2) is 4.98 Å². The highest BCUT2D eigenvalue weighted by Crippen LogP contribution is 2.34. The lowest BCUT2D eigenvalue weighted by atomic mass is 10.2. The Bertz CT molecular complexity index is 793. The number of aromatic nitrogens is 1. The van der Waals surface area contributed by atoms with E-state index >= 15 is 0 Å². The summed E-state index contributed by atoms with van der Waals surface area (Å²) in [6.45, 7) is 6.08. The molecule has 0 N–H and O–H groups in total. The smallest absolute Gasteiger partial charge is 0.267 e. The molecule has 0 radical (unpaired) electrons. The van der Waals surface area contributed by atoms with E-state index in [0.717, 1.165) is 11.3 Å². The fourth-order valence-electron chi connectivity index (χ4n) is 2.06. The molecule has 2 aromatic rings. The van der Waals surface area contributed by atoms with Crippen molar-refractivity contribution in [1.29, 1.82) is 0 Å². The number of amides is 1. The Balaban J connectivity index is 1.94. The lowest BCUT2D eigenvalue weighted by Gasteiger charge is -2.11. The van der Waals surface area contributed by atoms with E-state index in [2.05, 4.69) is 16.6 Å². The monoisotopic (exact) mass is 341 g/mol. The number of benzene rings is 1. The lowest BCUT2D eigenvalue weighted by Crippen LogP contribution is -2.29. The van der Waals surface area contributed by atoms with Crippen molar-refractivity contribution in [1.82, 2.24) is 9.88 Å². The third-order valence-corrected chi connectivity index (χ3v) is 4.95. The largest absolute Gasteiger partial charge is 0.282 e. The van der Waals surface area contributed by atoms with Gasteiger partial charge in [0.1, 0.15) is 0 Å². The first kappa shape index (κ1) is 15.7. The van der Waals surface area contributed by atoms with Gasteiger partial charge in [0.15, 0.2) is 5.17 Å². The average Bonchev–Trinajstić information content (AvgIpc) is 3.08. The zero-order valence-corrected chi connectivity index (χ0v) is 14.2. The first-order valence-electron chi connectivity index (χ1n) is 7.05. The third kappa shape index (κ3) is 3.60. The second-order valence-corrected chi connectivity index (χ2v) is 6.74. The van der Waals surface area contributed by atoms with Crippen LogP contribution in [0.5, 0.6) is 0 Å². The van der Waals surface area contributed by atoms with Crippen LogP contribution in [0.15, 0.2) is 58.3 Å². The number of amidine groups is 1. The van der Waals surface area contributed by atoms with Gasteiger partial charge >= 0.3 is 0 Å². The van der Waals surface area contributed by atoms with Gasteiger partial charge in [0.25, 0.3) is 5.91 Å². The van der Waals surface area contributed by atoms with Crippen LogP contribution in [0.4, 0.5) is 5.13 Å². The predicted octanol–water partition coefficient (Wildman–Crippen LogP) is 4.24. The number of hydrogen-bond acceptors (Lipinski definition) is 5. The van der Waals surface area contributed by atoms with Crippen molar-refractivity contribution in [2.75, 3.05) is 6.54 Å². The standard InChI is InChI=1S/C17H15N3OS2/c1-3-9-20-15(21)14(10-13-7-5-4-6-8-13)23-17(20)19-16-18-12(2)11-22-16/h3-8,10-11H,1,9H2,2H3/b14-10-,19-17+. The Morgan fingerprint density at radius 1 is 1.35 bits per heavy atom. The molecular formula is C17H15N3OS2. The number of thioether (sulfide) groups is 1. The molecule has 1 fully saturated rings. The Labute approximate surface area is 143 Å². The van der Waals surface area contributed by atoms with Crippen LogP contribution < -0.4 is 0 Å². The van der Waals surface area contributed by atoms with E-state index in [-0.39, 0.29) is 5.91 Å². The summed E-state index contributed by atoms with van der Waals surface area (Å²) in [6.07, 6.45) is 3.59. The molecular weight excluding hydrogens is 326 g/mol. The Morgan fingerprint density at radius 3 is 2.78 bits per heavy atom. The zero-order chi connectivity index (χ0) is 16.2. The van der Waals surface area contributed by atoms with Gasteiger partial charge in [0.2, 0.25) is 5.13 Å². The number of aliphatic imine (C=N–C) groups is 1. The Kier molecular flexibility index (Phi) is 4.73. The molecule has 23 heavy (non-hydrogen) atoms. The van der Waals surface area contributed by atoms with E-state index in [1.807, 2.05) is 48.7 Å². The van der Waals surface area contributed by atoms with Crippen LogP contribution in [0.1, 0.15) is 11.3 Å². The van der Waals surface area contributed by atoms with Crippen LogP contribution in [-0.2, 0) is 4.79 Å². The van der Waals surface area contributed by atoms with Crippen LogP contribution in [0.2, 0.25) is 0 Å². The summed E-state index contributed by atoms with van der Waals surface area (Å²) in [5.74, 6) is -0.0502. The number of nitrogens with zero attached hydrogens (tertiary/aromatic N) is 3. The van der Waals surface area contributed by atoms with Gasteiger partial charge < -0.3 is 0 Å². The van der Waals surface area contributed by atoms with Crippen molar-refractivity contribution in [3.8, 4) is 0 Å². The van der Waals surface area contributed by atoms with Crippen LogP contribution in [0.25, 0.3) is 6.08 Å². The fraction of sp³-hybridized carbons (Fsp3) is 0.118. The highest BCUT2D eigenvalue weighted by Gasteiger charge is 2.32. The quantitative estimate of drug-likeness (QED) is 0.617. The van der Waals surface area contributed by atoms with Gasteiger partial charge in [-0.3, -0.25) is 9.69 Å². The Morgan fingerprint density at radius 2 is 2.13 bits per heavy atom. The number of aryl methyl sites for hydroxylation is 1. The summed E-state index contributed by atoms with van der Waals surface area (Å²) in [5, 5.41) is 3.25. The summed E-state index contributed by atoms with van der Waals surface area (Å²) in [4.78, 5) is 23.7. The predicted molar refractivity (Wildman–Crippen MR) is 97.9 cm³/mol. The number of rotatable bonds is 4. The minimum atomic E-state index is -0.0502. The SMILES string of the molecule is C=CCN1C(=O)/C(=C/c2ccccc2)S/C1=N/c1nc(C)cs1. The normalized spacial score (nSPS) is 18.1.